The Kier molecular flexibility index (Phi) is 4.27. The summed E-state index contributed by atoms with van der Waals surface area (Å²) in [5.41, 5.74) is 2.21. The van der Waals surface area contributed by atoms with Gasteiger partial charge in [0.25, 0.3) is 0 Å². The minimum absolute atomic E-state index is 0.151. The Labute approximate surface area is 153 Å². The SMILES string of the molecule is O=C(O)c1ccc(Oc2nc(-c3ccc(F)c(F)c3)nc3c2CCC3)cc1. The molecule has 27 heavy (non-hydrogen) atoms. The van der Waals surface area contributed by atoms with Crippen LogP contribution in [-0.2, 0) is 12.8 Å². The molecule has 0 atom stereocenters. The van der Waals surface area contributed by atoms with E-state index in [0.717, 1.165) is 42.7 Å². The van der Waals surface area contributed by atoms with E-state index in [9.17, 15) is 13.6 Å². The third kappa shape index (κ3) is 3.36. The van der Waals surface area contributed by atoms with Crippen LogP contribution in [0, 0.1) is 11.6 Å². The van der Waals surface area contributed by atoms with E-state index in [-0.39, 0.29) is 11.4 Å². The van der Waals surface area contributed by atoms with E-state index < -0.39 is 17.6 Å². The molecule has 1 aromatic heterocycles. The largest absolute Gasteiger partial charge is 0.478 e. The Balaban J connectivity index is 1.72. The number of hydrogen-bond acceptors (Lipinski definition) is 4. The number of carbonyl (C=O) groups is 1. The number of carboxylic acids is 1. The maximum Gasteiger partial charge on any atom is 0.335 e. The van der Waals surface area contributed by atoms with Crippen LogP contribution in [0.25, 0.3) is 11.4 Å². The number of benzene rings is 2. The summed E-state index contributed by atoms with van der Waals surface area (Å²) >= 11 is 0. The number of nitrogens with zero attached hydrogens (tertiary/aromatic N) is 2. The van der Waals surface area contributed by atoms with Gasteiger partial charge >= 0.3 is 5.97 Å². The zero-order valence-corrected chi connectivity index (χ0v) is 14.1. The summed E-state index contributed by atoms with van der Waals surface area (Å²) in [6, 6.07) is 9.48. The second kappa shape index (κ2) is 6.75. The lowest BCUT2D eigenvalue weighted by Gasteiger charge is -2.12. The highest BCUT2D eigenvalue weighted by atomic mass is 19.2. The van der Waals surface area contributed by atoms with Crippen LogP contribution >= 0.6 is 0 Å². The van der Waals surface area contributed by atoms with Crippen LogP contribution in [0.4, 0.5) is 8.78 Å². The van der Waals surface area contributed by atoms with E-state index in [1.54, 1.807) is 12.1 Å². The van der Waals surface area contributed by atoms with Crippen molar-refractivity contribution in [2.75, 3.05) is 0 Å². The number of ether oxygens (including phenoxy) is 1. The van der Waals surface area contributed by atoms with Crippen molar-refractivity contribution in [3.63, 3.8) is 0 Å². The van der Waals surface area contributed by atoms with E-state index in [1.165, 1.54) is 18.2 Å². The Morgan fingerprint density at radius 2 is 1.78 bits per heavy atom. The molecule has 1 N–H and O–H groups in total. The minimum atomic E-state index is -1.02. The highest BCUT2D eigenvalue weighted by Gasteiger charge is 2.22. The molecule has 0 radical (unpaired) electrons. The lowest BCUT2D eigenvalue weighted by atomic mass is 10.1. The van der Waals surface area contributed by atoms with E-state index >= 15 is 0 Å². The summed E-state index contributed by atoms with van der Waals surface area (Å²) in [5, 5.41) is 8.98. The highest BCUT2D eigenvalue weighted by molar-refractivity contribution is 5.87. The van der Waals surface area contributed by atoms with Gasteiger partial charge in [-0.05, 0) is 61.7 Å². The summed E-state index contributed by atoms with van der Waals surface area (Å²) in [5.74, 6) is -1.89. The lowest BCUT2D eigenvalue weighted by molar-refractivity contribution is 0.0697. The van der Waals surface area contributed by atoms with Gasteiger partial charge in [-0.15, -0.1) is 0 Å². The third-order valence-corrected chi connectivity index (χ3v) is 4.39. The molecule has 3 aromatic rings. The molecule has 0 saturated heterocycles. The van der Waals surface area contributed by atoms with E-state index in [2.05, 4.69) is 9.97 Å². The topological polar surface area (TPSA) is 72.3 Å². The summed E-state index contributed by atoms with van der Waals surface area (Å²) in [6.07, 6.45) is 2.42. The molecule has 7 heteroatoms. The maximum atomic E-state index is 13.6. The van der Waals surface area contributed by atoms with Gasteiger partial charge in [-0.2, -0.15) is 4.98 Å². The first-order valence-corrected chi connectivity index (χ1v) is 8.37. The maximum absolute atomic E-state index is 13.6. The number of rotatable bonds is 4. The summed E-state index contributed by atoms with van der Waals surface area (Å²) in [6.45, 7) is 0. The molecule has 4 rings (SSSR count). The van der Waals surface area contributed by atoms with Gasteiger partial charge in [0.1, 0.15) is 5.75 Å². The molecular weight excluding hydrogens is 354 g/mol. The number of hydrogen-bond donors (Lipinski definition) is 1. The molecule has 5 nitrogen and oxygen atoms in total. The zero-order valence-electron chi connectivity index (χ0n) is 14.1. The zero-order chi connectivity index (χ0) is 19.0. The Morgan fingerprint density at radius 1 is 1.00 bits per heavy atom. The first-order chi connectivity index (χ1) is 13.0. The van der Waals surface area contributed by atoms with Crippen molar-refractivity contribution in [1.82, 2.24) is 9.97 Å². The van der Waals surface area contributed by atoms with Crippen molar-refractivity contribution < 1.29 is 23.4 Å². The van der Waals surface area contributed by atoms with Crippen LogP contribution in [0.15, 0.2) is 42.5 Å². The number of aromatic carboxylic acids is 1. The van der Waals surface area contributed by atoms with Crippen LogP contribution in [0.5, 0.6) is 11.6 Å². The summed E-state index contributed by atoms with van der Waals surface area (Å²) in [7, 11) is 0. The molecule has 0 unspecified atom stereocenters. The molecular formula is C20H14F2N2O3. The number of carboxylic acid groups (broad SMARTS) is 1. The number of aromatic nitrogens is 2. The molecule has 0 spiro atoms. The Hall–Kier alpha value is -3.35. The predicted octanol–water partition coefficient (Wildman–Crippen LogP) is 4.40. The molecule has 0 saturated carbocycles. The fourth-order valence-corrected chi connectivity index (χ4v) is 3.02. The Morgan fingerprint density at radius 3 is 2.48 bits per heavy atom. The molecule has 0 bridgehead atoms. The number of fused-ring (bicyclic) bond motifs is 1. The van der Waals surface area contributed by atoms with Crippen molar-refractivity contribution in [2.24, 2.45) is 0 Å². The van der Waals surface area contributed by atoms with Crippen LogP contribution in [0.1, 0.15) is 28.0 Å². The van der Waals surface area contributed by atoms with E-state index in [4.69, 9.17) is 9.84 Å². The first kappa shape index (κ1) is 17.1. The van der Waals surface area contributed by atoms with Gasteiger partial charge in [0.05, 0.1) is 11.3 Å². The average Bonchev–Trinajstić information content (AvgIpc) is 3.13. The van der Waals surface area contributed by atoms with Gasteiger partial charge in [0, 0.05) is 11.1 Å². The van der Waals surface area contributed by atoms with Gasteiger partial charge in [-0.25, -0.2) is 18.6 Å². The van der Waals surface area contributed by atoms with Crippen LogP contribution < -0.4 is 4.74 Å². The molecule has 0 fully saturated rings. The van der Waals surface area contributed by atoms with Crippen LogP contribution in [-0.4, -0.2) is 21.0 Å². The van der Waals surface area contributed by atoms with Crippen molar-refractivity contribution in [1.29, 1.82) is 0 Å². The fourth-order valence-electron chi connectivity index (χ4n) is 3.02. The first-order valence-electron chi connectivity index (χ1n) is 8.37. The lowest BCUT2D eigenvalue weighted by Crippen LogP contribution is -2.02. The smallest absolute Gasteiger partial charge is 0.335 e. The molecule has 1 aliphatic carbocycles. The van der Waals surface area contributed by atoms with Crippen molar-refractivity contribution >= 4 is 5.97 Å². The Bertz CT molecular complexity index is 1040. The standard InChI is InChI=1S/C20H14F2N2O3/c21-15-9-6-12(10-16(15)22)18-23-17-3-1-2-14(17)19(24-18)27-13-7-4-11(5-8-13)20(25)26/h4-10H,1-3H2,(H,25,26). The van der Waals surface area contributed by atoms with Gasteiger partial charge in [0.15, 0.2) is 17.5 Å². The second-order valence-electron chi connectivity index (χ2n) is 6.19. The normalized spacial score (nSPS) is 12.7. The number of aryl methyl sites for hydroxylation is 1. The quantitative estimate of drug-likeness (QED) is 0.739. The second-order valence-corrected chi connectivity index (χ2v) is 6.19. The van der Waals surface area contributed by atoms with Crippen LogP contribution in [0.3, 0.4) is 0 Å². The molecule has 136 valence electrons. The molecule has 1 heterocycles. The molecule has 2 aromatic carbocycles. The number of halogens is 2. The highest BCUT2D eigenvalue weighted by Crippen LogP contribution is 2.33. The van der Waals surface area contributed by atoms with Gasteiger partial charge in [-0.1, -0.05) is 0 Å². The van der Waals surface area contributed by atoms with Crippen LogP contribution in [0.2, 0.25) is 0 Å². The predicted molar refractivity (Wildman–Crippen MR) is 92.9 cm³/mol. The van der Waals surface area contributed by atoms with Gasteiger partial charge < -0.3 is 9.84 Å². The monoisotopic (exact) mass is 368 g/mol. The van der Waals surface area contributed by atoms with Gasteiger partial charge in [0.2, 0.25) is 5.88 Å². The van der Waals surface area contributed by atoms with Crippen molar-refractivity contribution in [3.05, 3.63) is 70.9 Å². The van der Waals surface area contributed by atoms with Crippen molar-refractivity contribution in [2.45, 2.75) is 19.3 Å². The molecule has 0 amide bonds. The van der Waals surface area contributed by atoms with Crippen molar-refractivity contribution in [3.8, 4) is 23.0 Å². The fraction of sp³-hybridized carbons (Fsp3) is 0.150. The van der Waals surface area contributed by atoms with E-state index in [0.29, 0.717) is 17.2 Å². The average molecular weight is 368 g/mol. The van der Waals surface area contributed by atoms with Gasteiger partial charge in [-0.3, -0.25) is 0 Å². The molecule has 1 aliphatic rings. The van der Waals surface area contributed by atoms with E-state index in [1.807, 2.05) is 0 Å². The minimum Gasteiger partial charge on any atom is -0.478 e. The third-order valence-electron chi connectivity index (χ3n) is 4.39. The summed E-state index contributed by atoms with van der Waals surface area (Å²) < 4.78 is 32.6. The summed E-state index contributed by atoms with van der Waals surface area (Å²) in [4.78, 5) is 19.8. The molecule has 0 aliphatic heterocycles.